The minimum Gasteiger partial charge on any atom is -0.493 e. The highest BCUT2D eigenvalue weighted by atomic mass is 16.5. The van der Waals surface area contributed by atoms with Crippen LogP contribution in [0.25, 0.3) is 0 Å². The third-order valence-electron chi connectivity index (χ3n) is 3.27. The summed E-state index contributed by atoms with van der Waals surface area (Å²) in [6, 6.07) is 8.14. The molecule has 0 aliphatic heterocycles. The van der Waals surface area contributed by atoms with Gasteiger partial charge in [0.15, 0.2) is 0 Å². The number of hydrogen-bond acceptors (Lipinski definition) is 3. The Bertz CT molecular complexity index is 346. The molecule has 0 amide bonds. The van der Waals surface area contributed by atoms with E-state index in [0.29, 0.717) is 6.61 Å². The zero-order valence-electron chi connectivity index (χ0n) is 11.9. The van der Waals surface area contributed by atoms with Crippen molar-refractivity contribution in [2.24, 2.45) is 5.73 Å². The largest absolute Gasteiger partial charge is 0.493 e. The average molecular weight is 251 g/mol. The number of hydrogen-bond donors (Lipinski definition) is 1. The van der Waals surface area contributed by atoms with Gasteiger partial charge in [0.25, 0.3) is 0 Å². The molecule has 18 heavy (non-hydrogen) atoms. The number of rotatable bonds is 7. The summed E-state index contributed by atoms with van der Waals surface area (Å²) < 4.78 is 11.0. The van der Waals surface area contributed by atoms with Crippen molar-refractivity contribution in [3.63, 3.8) is 0 Å². The number of methoxy groups -OCH3 is 1. The Labute approximate surface area is 110 Å². The lowest BCUT2D eigenvalue weighted by Crippen LogP contribution is -2.25. The molecule has 102 valence electrons. The zero-order valence-corrected chi connectivity index (χ0v) is 11.9. The van der Waals surface area contributed by atoms with Crippen LogP contribution >= 0.6 is 0 Å². The quantitative estimate of drug-likeness (QED) is 0.808. The van der Waals surface area contributed by atoms with E-state index in [4.69, 9.17) is 15.2 Å². The zero-order chi connectivity index (χ0) is 13.6. The van der Waals surface area contributed by atoms with Crippen LogP contribution in [0.4, 0.5) is 0 Å². The predicted octanol–water partition coefficient (Wildman–Crippen LogP) is 3.29. The van der Waals surface area contributed by atoms with Gasteiger partial charge in [0.2, 0.25) is 0 Å². The van der Waals surface area contributed by atoms with Crippen LogP contribution in [0.2, 0.25) is 0 Å². The molecular weight excluding hydrogens is 226 g/mol. The fourth-order valence-corrected chi connectivity index (χ4v) is 1.56. The lowest BCUT2D eigenvalue weighted by Gasteiger charge is -2.22. The van der Waals surface area contributed by atoms with Crippen molar-refractivity contribution in [2.45, 2.75) is 45.3 Å². The first-order valence-electron chi connectivity index (χ1n) is 6.52. The Kier molecular flexibility index (Phi) is 5.63. The Hall–Kier alpha value is -1.06. The second-order valence-electron chi connectivity index (χ2n) is 5.15. The topological polar surface area (TPSA) is 44.5 Å². The lowest BCUT2D eigenvalue weighted by molar-refractivity contribution is 0.00545. The van der Waals surface area contributed by atoms with Gasteiger partial charge >= 0.3 is 0 Å². The van der Waals surface area contributed by atoms with E-state index in [2.05, 4.69) is 20.8 Å². The Morgan fingerprint density at radius 1 is 1.22 bits per heavy atom. The summed E-state index contributed by atoms with van der Waals surface area (Å²) >= 11 is 0. The minimum absolute atomic E-state index is 0.117. The number of nitrogens with two attached hydrogens (primary N) is 1. The van der Waals surface area contributed by atoms with Gasteiger partial charge < -0.3 is 15.2 Å². The Morgan fingerprint density at radius 3 is 2.33 bits per heavy atom. The van der Waals surface area contributed by atoms with Crippen molar-refractivity contribution < 1.29 is 9.47 Å². The van der Waals surface area contributed by atoms with Crippen molar-refractivity contribution in [3.05, 3.63) is 29.8 Å². The Morgan fingerprint density at radius 2 is 1.83 bits per heavy atom. The maximum absolute atomic E-state index is 5.96. The molecule has 1 atom stereocenters. The SMILES string of the molecule is CC[C@H](N)c1ccc(OCCC(C)(C)OC)cc1. The smallest absolute Gasteiger partial charge is 0.119 e. The van der Waals surface area contributed by atoms with Gasteiger partial charge in [-0.25, -0.2) is 0 Å². The standard InChI is InChI=1S/C15H25NO2/c1-5-14(16)12-6-8-13(9-7-12)18-11-10-15(2,3)17-4/h6-9,14H,5,10-11,16H2,1-4H3/t14-/m0/s1. The first kappa shape index (κ1) is 15.0. The van der Waals surface area contributed by atoms with Gasteiger partial charge in [0.1, 0.15) is 5.75 Å². The predicted molar refractivity (Wildman–Crippen MR) is 74.9 cm³/mol. The van der Waals surface area contributed by atoms with Crippen LogP contribution in [0.1, 0.15) is 45.2 Å². The fraction of sp³-hybridized carbons (Fsp3) is 0.600. The van der Waals surface area contributed by atoms with Crippen LogP contribution in [0.15, 0.2) is 24.3 Å². The third-order valence-corrected chi connectivity index (χ3v) is 3.27. The molecule has 0 aliphatic carbocycles. The van der Waals surface area contributed by atoms with Crippen LogP contribution in [0.3, 0.4) is 0 Å². The molecule has 2 N–H and O–H groups in total. The summed E-state index contributed by atoms with van der Waals surface area (Å²) in [5.74, 6) is 0.883. The van der Waals surface area contributed by atoms with Crippen LogP contribution in [0, 0.1) is 0 Å². The van der Waals surface area contributed by atoms with Gasteiger partial charge in [-0.3, -0.25) is 0 Å². The molecule has 0 heterocycles. The highest BCUT2D eigenvalue weighted by Gasteiger charge is 2.15. The summed E-state index contributed by atoms with van der Waals surface area (Å²) in [6.07, 6.45) is 1.81. The van der Waals surface area contributed by atoms with E-state index in [-0.39, 0.29) is 11.6 Å². The summed E-state index contributed by atoms with van der Waals surface area (Å²) in [5, 5.41) is 0. The van der Waals surface area contributed by atoms with Crippen LogP contribution < -0.4 is 10.5 Å². The molecule has 0 unspecified atom stereocenters. The molecule has 1 aromatic rings. The molecular formula is C15H25NO2. The monoisotopic (exact) mass is 251 g/mol. The summed E-state index contributed by atoms with van der Waals surface area (Å²) in [4.78, 5) is 0. The van der Waals surface area contributed by atoms with E-state index in [1.54, 1.807) is 7.11 Å². The van der Waals surface area contributed by atoms with E-state index in [9.17, 15) is 0 Å². The molecule has 0 bridgehead atoms. The summed E-state index contributed by atoms with van der Waals surface area (Å²) in [5.41, 5.74) is 6.98. The number of ether oxygens (including phenoxy) is 2. The third kappa shape index (κ3) is 4.67. The molecule has 0 spiro atoms. The normalized spacial score (nSPS) is 13.4. The molecule has 0 saturated carbocycles. The van der Waals surface area contributed by atoms with Crippen molar-refractivity contribution in [3.8, 4) is 5.75 Å². The first-order valence-corrected chi connectivity index (χ1v) is 6.52. The van der Waals surface area contributed by atoms with Crippen molar-refractivity contribution in [2.75, 3.05) is 13.7 Å². The summed E-state index contributed by atoms with van der Waals surface area (Å²) in [7, 11) is 1.72. The van der Waals surface area contributed by atoms with E-state index in [1.807, 2.05) is 24.3 Å². The molecule has 1 aromatic carbocycles. The molecule has 1 rings (SSSR count). The molecule has 0 aromatic heterocycles. The van der Waals surface area contributed by atoms with Crippen molar-refractivity contribution >= 4 is 0 Å². The summed E-state index contributed by atoms with van der Waals surface area (Å²) in [6.45, 7) is 6.85. The lowest BCUT2D eigenvalue weighted by atomic mass is 10.1. The highest BCUT2D eigenvalue weighted by Crippen LogP contribution is 2.19. The van der Waals surface area contributed by atoms with Crippen LogP contribution in [-0.4, -0.2) is 19.3 Å². The molecule has 0 fully saturated rings. The van der Waals surface area contributed by atoms with Gasteiger partial charge in [0.05, 0.1) is 12.2 Å². The molecule has 3 heteroatoms. The van der Waals surface area contributed by atoms with Crippen LogP contribution in [0.5, 0.6) is 5.75 Å². The number of benzene rings is 1. The molecule has 0 saturated heterocycles. The maximum Gasteiger partial charge on any atom is 0.119 e. The second kappa shape index (κ2) is 6.76. The van der Waals surface area contributed by atoms with E-state index < -0.39 is 0 Å². The van der Waals surface area contributed by atoms with Gasteiger partial charge in [0, 0.05) is 19.6 Å². The molecule has 0 aliphatic rings. The fourth-order valence-electron chi connectivity index (χ4n) is 1.56. The highest BCUT2D eigenvalue weighted by molar-refractivity contribution is 5.28. The van der Waals surface area contributed by atoms with Gasteiger partial charge in [-0.05, 0) is 38.0 Å². The van der Waals surface area contributed by atoms with Gasteiger partial charge in [-0.1, -0.05) is 19.1 Å². The van der Waals surface area contributed by atoms with Crippen LogP contribution in [-0.2, 0) is 4.74 Å². The van der Waals surface area contributed by atoms with Crippen molar-refractivity contribution in [1.29, 1.82) is 0 Å². The first-order chi connectivity index (χ1) is 8.48. The van der Waals surface area contributed by atoms with Gasteiger partial charge in [-0.15, -0.1) is 0 Å². The maximum atomic E-state index is 5.96. The van der Waals surface area contributed by atoms with E-state index >= 15 is 0 Å². The molecule has 3 nitrogen and oxygen atoms in total. The Balaban J connectivity index is 2.45. The van der Waals surface area contributed by atoms with E-state index in [1.165, 1.54) is 0 Å². The average Bonchev–Trinajstić information content (AvgIpc) is 2.38. The molecule has 0 radical (unpaired) electrons. The minimum atomic E-state index is -0.134. The van der Waals surface area contributed by atoms with Gasteiger partial charge in [-0.2, -0.15) is 0 Å². The van der Waals surface area contributed by atoms with E-state index in [0.717, 1.165) is 24.2 Å². The second-order valence-corrected chi connectivity index (χ2v) is 5.15. The van der Waals surface area contributed by atoms with Crippen molar-refractivity contribution in [1.82, 2.24) is 0 Å².